The lowest BCUT2D eigenvalue weighted by Crippen LogP contribution is -2.40. The Morgan fingerprint density at radius 2 is 1.53 bits per heavy atom. The maximum atomic E-state index is 5.77. The Morgan fingerprint density at radius 3 is 2.23 bits per heavy atom. The maximum Gasteiger partial charge on any atom is 0.134 e. The van der Waals surface area contributed by atoms with E-state index >= 15 is 0 Å². The van der Waals surface area contributed by atoms with Gasteiger partial charge in [-0.2, -0.15) is 0 Å². The molecule has 1 aromatic heterocycles. The topological polar surface area (TPSA) is 44.7 Å². The summed E-state index contributed by atoms with van der Waals surface area (Å²) >= 11 is 0. The summed E-state index contributed by atoms with van der Waals surface area (Å²) in [5.41, 5.74) is 2.57. The molecule has 0 amide bonds. The normalized spacial score (nSPS) is 16.5. The average Bonchev–Trinajstić information content (AvgIpc) is 3.21. The minimum absolute atomic E-state index is 0.329. The van der Waals surface area contributed by atoms with Crippen LogP contribution < -0.4 is 9.80 Å². The minimum Gasteiger partial charge on any atom is -0.364 e. The summed E-state index contributed by atoms with van der Waals surface area (Å²) in [5, 5.41) is 0. The van der Waals surface area contributed by atoms with Crippen LogP contribution in [0, 0.1) is 0 Å². The molecule has 0 aliphatic carbocycles. The zero-order valence-corrected chi connectivity index (χ0v) is 17.7. The monoisotopic (exact) mass is 403 g/mol. The second-order valence-electron chi connectivity index (χ2n) is 7.84. The molecule has 0 spiro atoms. The fourth-order valence-corrected chi connectivity index (χ4v) is 3.78. The molecular formula is C24H29N5O. The van der Waals surface area contributed by atoms with E-state index in [2.05, 4.69) is 99.4 Å². The average molecular weight is 404 g/mol. The summed E-state index contributed by atoms with van der Waals surface area (Å²) < 4.78 is 5.77. The fourth-order valence-electron chi connectivity index (χ4n) is 3.78. The number of nitrogens with zero attached hydrogens (tertiary/aromatic N) is 5. The van der Waals surface area contributed by atoms with Crippen LogP contribution in [0.2, 0.25) is 0 Å². The first-order chi connectivity index (χ1) is 14.7. The third kappa shape index (κ3) is 5.14. The van der Waals surface area contributed by atoms with Crippen LogP contribution in [-0.4, -0.2) is 54.9 Å². The van der Waals surface area contributed by atoms with Gasteiger partial charge in [-0.3, -0.25) is 4.90 Å². The summed E-state index contributed by atoms with van der Waals surface area (Å²) in [7, 11) is 4.15. The van der Waals surface area contributed by atoms with Gasteiger partial charge in [0, 0.05) is 39.8 Å². The highest BCUT2D eigenvalue weighted by Gasteiger charge is 2.27. The zero-order valence-electron chi connectivity index (χ0n) is 17.7. The molecule has 0 unspecified atom stereocenters. The number of rotatable bonds is 8. The van der Waals surface area contributed by atoms with Crippen LogP contribution in [0.4, 0.5) is 11.6 Å². The van der Waals surface area contributed by atoms with Crippen LogP contribution in [0.3, 0.4) is 0 Å². The van der Waals surface area contributed by atoms with Gasteiger partial charge in [-0.1, -0.05) is 60.7 Å². The molecule has 0 saturated carbocycles. The molecule has 1 atom stereocenters. The summed E-state index contributed by atoms with van der Waals surface area (Å²) in [6.45, 7) is 3.97. The van der Waals surface area contributed by atoms with Crippen molar-refractivity contribution in [3.8, 4) is 0 Å². The van der Waals surface area contributed by atoms with E-state index in [1.54, 1.807) is 6.33 Å². The summed E-state index contributed by atoms with van der Waals surface area (Å²) in [6.07, 6.45) is 1.65. The van der Waals surface area contributed by atoms with Crippen molar-refractivity contribution in [2.24, 2.45) is 0 Å². The molecule has 0 bridgehead atoms. The standard InChI is InChI=1S/C24H29N5O/c1-27(14-20-9-5-3-6-10-20)23-13-24(26-18-25-23)28(2)16-22-17-30-19-29(22)15-21-11-7-4-8-12-21/h3-13,18,22H,14-17,19H2,1-2H3/t22-/m0/s1. The predicted octanol–water partition coefficient (Wildman–Crippen LogP) is 3.41. The first-order valence-electron chi connectivity index (χ1n) is 10.3. The summed E-state index contributed by atoms with van der Waals surface area (Å²) in [6, 6.07) is 23.4. The van der Waals surface area contributed by atoms with E-state index in [0.717, 1.165) is 37.9 Å². The van der Waals surface area contributed by atoms with E-state index in [1.165, 1.54) is 11.1 Å². The lowest BCUT2D eigenvalue weighted by atomic mass is 10.2. The minimum atomic E-state index is 0.329. The van der Waals surface area contributed by atoms with Crippen LogP contribution in [0.25, 0.3) is 0 Å². The van der Waals surface area contributed by atoms with Crippen molar-refractivity contribution in [1.82, 2.24) is 14.9 Å². The van der Waals surface area contributed by atoms with Gasteiger partial charge in [-0.25, -0.2) is 9.97 Å². The van der Waals surface area contributed by atoms with Crippen LogP contribution in [-0.2, 0) is 17.8 Å². The maximum absolute atomic E-state index is 5.77. The van der Waals surface area contributed by atoms with E-state index in [-0.39, 0.29) is 0 Å². The molecule has 0 N–H and O–H groups in total. The van der Waals surface area contributed by atoms with Gasteiger partial charge >= 0.3 is 0 Å². The lowest BCUT2D eigenvalue weighted by molar-refractivity contribution is 0.134. The second kappa shape index (κ2) is 9.69. The van der Waals surface area contributed by atoms with E-state index in [1.807, 2.05) is 6.07 Å². The Bertz CT molecular complexity index is 921. The molecule has 1 aliphatic heterocycles. The Morgan fingerprint density at radius 1 is 0.900 bits per heavy atom. The molecule has 2 heterocycles. The van der Waals surface area contributed by atoms with E-state index in [9.17, 15) is 0 Å². The van der Waals surface area contributed by atoms with E-state index < -0.39 is 0 Å². The number of likely N-dealkylation sites (N-methyl/N-ethyl adjacent to an activating group) is 1. The second-order valence-corrected chi connectivity index (χ2v) is 7.84. The number of benzene rings is 2. The molecule has 6 heteroatoms. The molecule has 2 aromatic carbocycles. The fraction of sp³-hybridized carbons (Fsp3) is 0.333. The molecule has 4 rings (SSSR count). The third-order valence-corrected chi connectivity index (χ3v) is 5.48. The van der Waals surface area contributed by atoms with Gasteiger partial charge in [-0.15, -0.1) is 0 Å². The largest absolute Gasteiger partial charge is 0.364 e. The molecule has 1 fully saturated rings. The third-order valence-electron chi connectivity index (χ3n) is 5.48. The van der Waals surface area contributed by atoms with Crippen LogP contribution in [0.15, 0.2) is 73.1 Å². The van der Waals surface area contributed by atoms with Gasteiger partial charge in [0.25, 0.3) is 0 Å². The zero-order chi connectivity index (χ0) is 20.8. The van der Waals surface area contributed by atoms with Crippen molar-refractivity contribution in [3.05, 3.63) is 84.2 Å². The Hall–Kier alpha value is -2.96. The van der Waals surface area contributed by atoms with Crippen molar-refractivity contribution < 1.29 is 4.74 Å². The molecule has 0 radical (unpaired) electrons. The van der Waals surface area contributed by atoms with Crippen LogP contribution >= 0.6 is 0 Å². The Labute approximate surface area is 178 Å². The molecule has 3 aromatic rings. The Kier molecular flexibility index (Phi) is 6.57. The van der Waals surface area contributed by atoms with Crippen molar-refractivity contribution >= 4 is 11.6 Å². The van der Waals surface area contributed by atoms with Crippen molar-refractivity contribution in [1.29, 1.82) is 0 Å². The van der Waals surface area contributed by atoms with E-state index in [0.29, 0.717) is 12.8 Å². The van der Waals surface area contributed by atoms with Gasteiger partial charge in [-0.05, 0) is 11.1 Å². The first kappa shape index (κ1) is 20.3. The molecule has 156 valence electrons. The SMILES string of the molecule is CN(Cc1ccccc1)c1cc(N(C)C[C@H]2COCN2Cc2ccccc2)ncn1. The first-order valence-corrected chi connectivity index (χ1v) is 10.3. The number of hydrogen-bond donors (Lipinski definition) is 0. The Balaban J connectivity index is 1.39. The highest BCUT2D eigenvalue weighted by atomic mass is 16.5. The molecule has 1 aliphatic rings. The number of aromatic nitrogens is 2. The van der Waals surface area contributed by atoms with Crippen LogP contribution in [0.1, 0.15) is 11.1 Å². The predicted molar refractivity (Wildman–Crippen MR) is 120 cm³/mol. The van der Waals surface area contributed by atoms with Gasteiger partial charge in [0.15, 0.2) is 0 Å². The number of hydrogen-bond acceptors (Lipinski definition) is 6. The number of ether oxygens (including phenoxy) is 1. The molecule has 1 saturated heterocycles. The smallest absolute Gasteiger partial charge is 0.134 e. The molecule has 6 nitrogen and oxygen atoms in total. The van der Waals surface area contributed by atoms with E-state index in [4.69, 9.17) is 4.74 Å². The molecule has 30 heavy (non-hydrogen) atoms. The molecular weight excluding hydrogens is 374 g/mol. The van der Waals surface area contributed by atoms with Gasteiger partial charge < -0.3 is 14.5 Å². The van der Waals surface area contributed by atoms with Crippen molar-refractivity contribution in [2.45, 2.75) is 19.1 Å². The quantitative estimate of drug-likeness (QED) is 0.574. The van der Waals surface area contributed by atoms with Gasteiger partial charge in [0.2, 0.25) is 0 Å². The van der Waals surface area contributed by atoms with Crippen molar-refractivity contribution in [2.75, 3.05) is 43.8 Å². The number of anilines is 2. The van der Waals surface area contributed by atoms with Crippen molar-refractivity contribution in [3.63, 3.8) is 0 Å². The highest BCUT2D eigenvalue weighted by molar-refractivity contribution is 5.49. The van der Waals surface area contributed by atoms with Gasteiger partial charge in [0.05, 0.1) is 19.4 Å². The highest BCUT2D eigenvalue weighted by Crippen LogP contribution is 2.20. The summed E-state index contributed by atoms with van der Waals surface area (Å²) in [5.74, 6) is 1.84. The lowest BCUT2D eigenvalue weighted by Gasteiger charge is -2.28. The summed E-state index contributed by atoms with van der Waals surface area (Å²) in [4.78, 5) is 15.7. The van der Waals surface area contributed by atoms with Crippen LogP contribution in [0.5, 0.6) is 0 Å². The van der Waals surface area contributed by atoms with Gasteiger partial charge in [0.1, 0.15) is 18.0 Å².